The molecule has 3 aromatic carbocycles. The summed E-state index contributed by atoms with van der Waals surface area (Å²) in [5.41, 5.74) is 7.01. The van der Waals surface area contributed by atoms with E-state index in [1.54, 1.807) is 26.0 Å². The molecular formula is C27H31N3O5S. The molecular weight excluding hydrogens is 478 g/mol. The molecule has 0 unspecified atom stereocenters. The molecule has 0 bridgehead atoms. The lowest BCUT2D eigenvalue weighted by atomic mass is 10.1. The van der Waals surface area contributed by atoms with Crippen LogP contribution in [0.3, 0.4) is 0 Å². The molecule has 8 nitrogen and oxygen atoms in total. The summed E-state index contributed by atoms with van der Waals surface area (Å²) in [4.78, 5) is 13.0. The molecule has 3 rings (SSSR count). The molecule has 0 spiro atoms. The van der Waals surface area contributed by atoms with Gasteiger partial charge >= 0.3 is 0 Å². The molecule has 3 aromatic rings. The maximum atomic E-state index is 13.8. The van der Waals surface area contributed by atoms with Crippen molar-refractivity contribution in [1.29, 1.82) is 0 Å². The number of hydrazone groups is 1. The average Bonchev–Trinajstić information content (AvgIpc) is 2.80. The number of phenolic OH excluding ortho intramolecular Hbond substituents is 1. The lowest BCUT2D eigenvalue weighted by Crippen LogP contribution is -2.39. The zero-order chi connectivity index (χ0) is 26.5. The molecule has 36 heavy (non-hydrogen) atoms. The number of hydrogen-bond acceptors (Lipinski definition) is 6. The van der Waals surface area contributed by atoms with Crippen molar-refractivity contribution in [2.75, 3.05) is 13.7 Å². The van der Waals surface area contributed by atoms with Crippen LogP contribution in [-0.2, 0) is 21.4 Å². The molecule has 1 amide bonds. The summed E-state index contributed by atoms with van der Waals surface area (Å²) in [6.45, 7) is 6.99. The first-order valence-corrected chi connectivity index (χ1v) is 12.8. The van der Waals surface area contributed by atoms with Crippen LogP contribution in [0.4, 0.5) is 0 Å². The number of rotatable bonds is 9. The number of aryl methyl sites for hydroxylation is 4. The van der Waals surface area contributed by atoms with E-state index in [0.29, 0.717) is 16.7 Å². The summed E-state index contributed by atoms with van der Waals surface area (Å²) in [6, 6.07) is 15.7. The smallest absolute Gasteiger partial charge is 0.255 e. The quantitative estimate of drug-likeness (QED) is 0.335. The van der Waals surface area contributed by atoms with Gasteiger partial charge in [-0.3, -0.25) is 4.79 Å². The maximum Gasteiger partial charge on any atom is 0.255 e. The highest BCUT2D eigenvalue weighted by Crippen LogP contribution is 2.27. The fourth-order valence-electron chi connectivity index (χ4n) is 3.97. The van der Waals surface area contributed by atoms with E-state index >= 15 is 0 Å². The number of benzene rings is 3. The van der Waals surface area contributed by atoms with E-state index in [4.69, 9.17) is 4.74 Å². The Hall–Kier alpha value is -3.69. The van der Waals surface area contributed by atoms with Crippen molar-refractivity contribution in [3.05, 3.63) is 88.0 Å². The minimum absolute atomic E-state index is 0.0164. The fourth-order valence-corrected chi connectivity index (χ4v) is 5.77. The molecule has 0 aliphatic rings. The number of methoxy groups -OCH3 is 1. The first kappa shape index (κ1) is 26.9. The number of nitrogens with zero attached hydrogens (tertiary/aromatic N) is 2. The van der Waals surface area contributed by atoms with E-state index in [1.807, 2.05) is 50.2 Å². The molecule has 0 saturated heterocycles. The summed E-state index contributed by atoms with van der Waals surface area (Å²) in [5.74, 6) is -0.336. The summed E-state index contributed by atoms with van der Waals surface area (Å²) >= 11 is 0. The molecule has 0 radical (unpaired) electrons. The maximum absolute atomic E-state index is 13.8. The third-order valence-corrected chi connectivity index (χ3v) is 7.71. The minimum Gasteiger partial charge on any atom is -0.504 e. The Bertz CT molecular complexity index is 1360. The van der Waals surface area contributed by atoms with Crippen LogP contribution in [0.2, 0.25) is 0 Å². The van der Waals surface area contributed by atoms with Gasteiger partial charge in [0, 0.05) is 6.54 Å². The monoisotopic (exact) mass is 509 g/mol. The van der Waals surface area contributed by atoms with Crippen LogP contribution in [0, 0.1) is 27.7 Å². The first-order valence-electron chi connectivity index (χ1n) is 11.3. The second-order valence-corrected chi connectivity index (χ2v) is 10.6. The molecule has 9 heteroatoms. The number of sulfonamides is 1. The highest BCUT2D eigenvalue weighted by Gasteiger charge is 2.30. The highest BCUT2D eigenvalue weighted by molar-refractivity contribution is 7.89. The van der Waals surface area contributed by atoms with E-state index in [9.17, 15) is 18.3 Å². The second kappa shape index (κ2) is 11.4. The largest absolute Gasteiger partial charge is 0.504 e. The molecule has 0 aliphatic carbocycles. The zero-order valence-corrected chi connectivity index (χ0v) is 21.9. The summed E-state index contributed by atoms with van der Waals surface area (Å²) < 4.78 is 33.7. The number of hydrogen-bond donors (Lipinski definition) is 2. The molecule has 0 saturated carbocycles. The number of ether oxygens (including phenoxy) is 1. The van der Waals surface area contributed by atoms with Crippen molar-refractivity contribution in [2.45, 2.75) is 39.1 Å². The Balaban J connectivity index is 1.86. The van der Waals surface area contributed by atoms with Crippen LogP contribution < -0.4 is 10.2 Å². The SMILES string of the molecule is COc1cc(/C=N/NC(=O)CN(Cc2ccc(C)cc2)S(=O)(=O)c2c(C)cc(C)cc2C)ccc1O. The lowest BCUT2D eigenvalue weighted by molar-refractivity contribution is -0.121. The van der Waals surface area contributed by atoms with Gasteiger partial charge < -0.3 is 9.84 Å². The molecule has 0 aliphatic heterocycles. The molecule has 0 heterocycles. The number of carbonyl (C=O) groups excluding carboxylic acids is 1. The van der Waals surface area contributed by atoms with E-state index in [-0.39, 0.29) is 22.9 Å². The summed E-state index contributed by atoms with van der Waals surface area (Å²) in [6.07, 6.45) is 1.38. The number of phenols is 1. The average molecular weight is 510 g/mol. The molecule has 2 N–H and O–H groups in total. The van der Waals surface area contributed by atoms with Gasteiger partial charge in [-0.25, -0.2) is 13.8 Å². The molecule has 0 fully saturated rings. The van der Waals surface area contributed by atoms with Gasteiger partial charge in [0.2, 0.25) is 10.0 Å². The van der Waals surface area contributed by atoms with Crippen molar-refractivity contribution in [1.82, 2.24) is 9.73 Å². The van der Waals surface area contributed by atoms with Crippen molar-refractivity contribution in [3.63, 3.8) is 0 Å². The van der Waals surface area contributed by atoms with Gasteiger partial charge in [-0.2, -0.15) is 9.41 Å². The molecule has 190 valence electrons. The van der Waals surface area contributed by atoms with Crippen molar-refractivity contribution in [2.24, 2.45) is 5.10 Å². The lowest BCUT2D eigenvalue weighted by Gasteiger charge is -2.24. The van der Waals surface area contributed by atoms with Gasteiger partial charge in [-0.05, 0) is 68.1 Å². The van der Waals surface area contributed by atoms with Crippen LogP contribution in [0.1, 0.15) is 33.4 Å². The number of carbonyl (C=O) groups is 1. The van der Waals surface area contributed by atoms with E-state index in [2.05, 4.69) is 10.5 Å². The number of amides is 1. The highest BCUT2D eigenvalue weighted by atomic mass is 32.2. The Morgan fingerprint density at radius 1 is 1.00 bits per heavy atom. The van der Waals surface area contributed by atoms with Crippen LogP contribution in [0.5, 0.6) is 11.5 Å². The summed E-state index contributed by atoms with van der Waals surface area (Å²) in [7, 11) is -2.57. The first-order chi connectivity index (χ1) is 17.0. The summed E-state index contributed by atoms with van der Waals surface area (Å²) in [5, 5.41) is 13.6. The van der Waals surface area contributed by atoms with Crippen molar-refractivity contribution >= 4 is 22.1 Å². The van der Waals surface area contributed by atoms with Gasteiger partial charge in [0.1, 0.15) is 0 Å². The fraction of sp³-hybridized carbons (Fsp3) is 0.259. The number of aromatic hydroxyl groups is 1. The minimum atomic E-state index is -4.00. The zero-order valence-electron chi connectivity index (χ0n) is 21.1. The molecule has 0 atom stereocenters. The Labute approximate surface area is 212 Å². The van der Waals surface area contributed by atoms with Crippen molar-refractivity contribution < 1.29 is 23.1 Å². The second-order valence-electron chi connectivity index (χ2n) is 8.71. The van der Waals surface area contributed by atoms with Gasteiger partial charge in [0.25, 0.3) is 5.91 Å². The van der Waals surface area contributed by atoms with Gasteiger partial charge in [-0.15, -0.1) is 0 Å². The Kier molecular flexibility index (Phi) is 8.49. The Morgan fingerprint density at radius 2 is 1.64 bits per heavy atom. The van der Waals surface area contributed by atoms with E-state index in [0.717, 1.165) is 21.0 Å². The predicted molar refractivity (Wildman–Crippen MR) is 140 cm³/mol. The molecule has 0 aromatic heterocycles. The number of nitrogens with one attached hydrogen (secondary N) is 1. The van der Waals surface area contributed by atoms with Crippen LogP contribution in [-0.4, -0.2) is 43.6 Å². The topological polar surface area (TPSA) is 108 Å². The third kappa shape index (κ3) is 6.50. The third-order valence-electron chi connectivity index (χ3n) is 5.61. The predicted octanol–water partition coefficient (Wildman–Crippen LogP) is 3.98. The van der Waals surface area contributed by atoms with Crippen LogP contribution >= 0.6 is 0 Å². The van der Waals surface area contributed by atoms with E-state index in [1.165, 1.54) is 19.4 Å². The van der Waals surface area contributed by atoms with Gasteiger partial charge in [0.15, 0.2) is 11.5 Å². The van der Waals surface area contributed by atoms with Gasteiger partial charge in [0.05, 0.1) is 24.8 Å². The van der Waals surface area contributed by atoms with E-state index < -0.39 is 22.5 Å². The van der Waals surface area contributed by atoms with Gasteiger partial charge in [-0.1, -0.05) is 47.5 Å². The van der Waals surface area contributed by atoms with Crippen molar-refractivity contribution in [3.8, 4) is 11.5 Å². The Morgan fingerprint density at radius 3 is 2.25 bits per heavy atom. The van der Waals surface area contributed by atoms with Crippen LogP contribution in [0.25, 0.3) is 0 Å². The standard InChI is InChI=1S/C27H31N3O5S/c1-18-6-8-22(9-7-18)16-30(36(33,34)27-20(3)12-19(2)13-21(27)4)17-26(32)29-28-15-23-10-11-24(31)25(14-23)35-5/h6-15,31H,16-17H2,1-5H3,(H,29,32)/b28-15+. The van der Waals surface area contributed by atoms with Crippen LogP contribution in [0.15, 0.2) is 64.6 Å². The normalized spacial score (nSPS) is 11.7.